The molecule has 3 aromatic carbocycles. The Morgan fingerprint density at radius 3 is 1.58 bits per heavy atom. The number of rotatable bonds is 8. The summed E-state index contributed by atoms with van der Waals surface area (Å²) in [7, 11) is 3.64. The lowest BCUT2D eigenvalue weighted by Gasteiger charge is -2.37. The molecule has 3 aromatic rings. The van der Waals surface area contributed by atoms with Gasteiger partial charge < -0.3 is 39.7 Å². The molecule has 3 fully saturated rings. The average molecular weight is 907 g/mol. The summed E-state index contributed by atoms with van der Waals surface area (Å²) in [4.78, 5) is 44.9. The minimum absolute atomic E-state index is 0.113. The number of carbonyl (C=O) groups is 3. The Morgan fingerprint density at radius 1 is 0.702 bits per heavy atom. The van der Waals surface area contributed by atoms with Crippen LogP contribution in [0.15, 0.2) is 72.8 Å². The van der Waals surface area contributed by atoms with Crippen molar-refractivity contribution in [2.45, 2.75) is 83.3 Å². The molecule has 3 aliphatic rings. The number of nitrogens with zero attached hydrogens (tertiary/aromatic N) is 4. The summed E-state index contributed by atoms with van der Waals surface area (Å²) in [5.74, 6) is 0.633. The van der Waals surface area contributed by atoms with E-state index >= 15 is 0 Å². The first kappa shape index (κ1) is 43.9. The Kier molecular flexibility index (Phi) is 15.0. The Bertz CT molecular complexity index is 1770. The van der Waals surface area contributed by atoms with Crippen molar-refractivity contribution in [1.29, 1.82) is 0 Å². The number of nitrogens with one attached hydrogen (secondary N) is 2. The number of urea groups is 2. The lowest BCUT2D eigenvalue weighted by molar-refractivity contribution is -0.274. The maximum absolute atomic E-state index is 12.7. The number of ether oxygens (including phenoxy) is 2. The predicted molar refractivity (Wildman–Crippen MR) is 224 cm³/mol. The zero-order valence-corrected chi connectivity index (χ0v) is 35.4. The fraction of sp³-hybridized carbons (Fsp3) is 0.500. The van der Waals surface area contributed by atoms with E-state index in [9.17, 15) is 27.6 Å². The van der Waals surface area contributed by atoms with E-state index in [1.54, 1.807) is 46.0 Å². The smallest absolute Gasteiger partial charge is 0.444 e. The number of benzene rings is 3. The highest BCUT2D eigenvalue weighted by Gasteiger charge is 2.32. The van der Waals surface area contributed by atoms with Crippen molar-refractivity contribution in [3.8, 4) is 16.9 Å². The van der Waals surface area contributed by atoms with Crippen LogP contribution in [-0.4, -0.2) is 109 Å². The van der Waals surface area contributed by atoms with E-state index in [2.05, 4.69) is 42.9 Å². The molecule has 0 aromatic heterocycles. The number of amides is 5. The van der Waals surface area contributed by atoms with Gasteiger partial charge in [0.05, 0.1) is 0 Å². The Labute approximate surface area is 347 Å². The van der Waals surface area contributed by atoms with Crippen molar-refractivity contribution >= 4 is 52.1 Å². The first-order valence-electron chi connectivity index (χ1n) is 19.4. The van der Waals surface area contributed by atoms with E-state index in [0.717, 1.165) is 65.1 Å². The second-order valence-corrected chi connectivity index (χ2v) is 17.2. The largest absolute Gasteiger partial charge is 0.573 e. The molecular formula is C42H54F3IN6O5. The van der Waals surface area contributed by atoms with E-state index in [1.165, 1.54) is 31.5 Å². The number of anilines is 2. The Morgan fingerprint density at radius 2 is 1.14 bits per heavy atom. The minimum atomic E-state index is -4.71. The molecule has 6 rings (SSSR count). The van der Waals surface area contributed by atoms with Gasteiger partial charge in [-0.1, -0.05) is 24.3 Å². The van der Waals surface area contributed by atoms with Gasteiger partial charge in [0.15, 0.2) is 0 Å². The van der Waals surface area contributed by atoms with Gasteiger partial charge in [0.1, 0.15) is 11.4 Å². The molecule has 11 nitrogen and oxygen atoms in total. The van der Waals surface area contributed by atoms with Crippen molar-refractivity contribution < 1.29 is 37.0 Å². The SMILES string of the molecule is CN(C(=O)Nc1ccc(-c2ccc(OC(F)(F)F)cc2)cc1)C1CCN(CC2CC2)CC1.CN(C(=O)Nc1ccc(I)cc1)C1CCN(C(=O)OC(C)(C)C)CC1. The van der Waals surface area contributed by atoms with Crippen LogP contribution in [0.3, 0.4) is 0 Å². The third-order valence-corrected chi connectivity index (χ3v) is 11.0. The highest BCUT2D eigenvalue weighted by Crippen LogP contribution is 2.31. The van der Waals surface area contributed by atoms with E-state index in [-0.39, 0.29) is 36.0 Å². The van der Waals surface area contributed by atoms with Crippen LogP contribution in [0.2, 0.25) is 0 Å². The monoisotopic (exact) mass is 906 g/mol. The Hall–Kier alpha value is -4.25. The zero-order valence-electron chi connectivity index (χ0n) is 33.3. The van der Waals surface area contributed by atoms with Crippen LogP contribution in [0, 0.1) is 9.49 Å². The van der Waals surface area contributed by atoms with Crippen LogP contribution in [0.5, 0.6) is 5.75 Å². The second kappa shape index (κ2) is 19.5. The van der Waals surface area contributed by atoms with E-state index in [1.807, 2.05) is 64.2 Å². The molecule has 57 heavy (non-hydrogen) atoms. The van der Waals surface area contributed by atoms with Gasteiger partial charge in [0, 0.05) is 73.8 Å². The maximum atomic E-state index is 12.7. The van der Waals surface area contributed by atoms with Gasteiger partial charge in [-0.3, -0.25) is 0 Å². The number of piperidine rings is 2. The van der Waals surface area contributed by atoms with Crippen LogP contribution < -0.4 is 15.4 Å². The van der Waals surface area contributed by atoms with Gasteiger partial charge in [0.25, 0.3) is 0 Å². The number of hydrogen-bond acceptors (Lipinski definition) is 6. The molecule has 310 valence electrons. The van der Waals surface area contributed by atoms with Gasteiger partial charge >= 0.3 is 24.5 Å². The molecule has 2 saturated heterocycles. The van der Waals surface area contributed by atoms with Crippen molar-refractivity contribution in [2.75, 3.05) is 57.5 Å². The van der Waals surface area contributed by atoms with Gasteiger partial charge in [-0.2, -0.15) is 0 Å². The summed E-state index contributed by atoms with van der Waals surface area (Å²) in [5.41, 5.74) is 2.56. The van der Waals surface area contributed by atoms with Crippen LogP contribution >= 0.6 is 22.6 Å². The minimum Gasteiger partial charge on any atom is -0.444 e. The van der Waals surface area contributed by atoms with Crippen LogP contribution in [-0.2, 0) is 4.74 Å². The van der Waals surface area contributed by atoms with Crippen molar-refractivity contribution in [2.24, 2.45) is 5.92 Å². The fourth-order valence-electron chi connectivity index (χ4n) is 6.80. The number of carbonyl (C=O) groups excluding carboxylic acids is 3. The molecule has 2 N–H and O–H groups in total. The quantitative estimate of drug-likeness (QED) is 0.218. The van der Waals surface area contributed by atoms with Crippen LogP contribution in [0.4, 0.5) is 38.9 Å². The van der Waals surface area contributed by atoms with Crippen molar-refractivity contribution in [3.05, 3.63) is 76.4 Å². The molecule has 0 unspecified atom stereocenters. The van der Waals surface area contributed by atoms with Gasteiger partial charge in [-0.05, 0) is 147 Å². The molecule has 2 aliphatic heterocycles. The lowest BCUT2D eigenvalue weighted by atomic mass is 10.0. The molecule has 5 amide bonds. The first-order chi connectivity index (χ1) is 26.9. The van der Waals surface area contributed by atoms with E-state index < -0.39 is 12.0 Å². The second-order valence-electron chi connectivity index (χ2n) is 15.9. The fourth-order valence-corrected chi connectivity index (χ4v) is 7.16. The number of hydrogen-bond donors (Lipinski definition) is 2. The predicted octanol–water partition coefficient (Wildman–Crippen LogP) is 9.74. The van der Waals surface area contributed by atoms with E-state index in [0.29, 0.717) is 18.8 Å². The average Bonchev–Trinajstić information content (AvgIpc) is 3.99. The topological polar surface area (TPSA) is 107 Å². The summed E-state index contributed by atoms with van der Waals surface area (Å²) >= 11 is 2.23. The molecule has 0 spiro atoms. The molecule has 0 radical (unpaired) electrons. The standard InChI is InChI=1S/C24H28F3N3O2.C18H26IN3O3/c1-29(21-12-14-30(15-13-21)16-17-2-3-17)23(31)28-20-8-4-18(5-9-20)19-6-10-22(11-7-19)32-24(25,26)27;1-18(2,3)25-17(24)22-11-9-15(10-12-22)21(4)16(23)20-14-7-5-13(19)6-8-14/h4-11,17,21H,2-3,12-16H2,1H3,(H,28,31);5-8,15H,9-12H2,1-4H3,(H,20,23). The Balaban J connectivity index is 0.000000225. The van der Waals surface area contributed by atoms with E-state index in [4.69, 9.17) is 4.74 Å². The number of likely N-dealkylation sites (tertiary alicyclic amines) is 2. The highest BCUT2D eigenvalue weighted by atomic mass is 127. The zero-order chi connectivity index (χ0) is 41.3. The molecule has 0 atom stereocenters. The third kappa shape index (κ3) is 14.3. The van der Waals surface area contributed by atoms with Crippen LogP contribution in [0.25, 0.3) is 11.1 Å². The molecule has 15 heteroatoms. The third-order valence-electron chi connectivity index (χ3n) is 10.3. The molecule has 1 aliphatic carbocycles. The summed E-state index contributed by atoms with van der Waals surface area (Å²) < 4.78 is 47.3. The molecule has 0 bridgehead atoms. The normalized spacial score (nSPS) is 16.8. The lowest BCUT2D eigenvalue weighted by Crippen LogP contribution is -2.49. The summed E-state index contributed by atoms with van der Waals surface area (Å²) in [5, 5.41) is 5.84. The summed E-state index contributed by atoms with van der Waals surface area (Å²) in [6, 6.07) is 20.7. The number of halogens is 4. The number of alkyl halides is 3. The first-order valence-corrected chi connectivity index (χ1v) is 20.5. The van der Waals surface area contributed by atoms with Gasteiger partial charge in [-0.15, -0.1) is 13.2 Å². The highest BCUT2D eigenvalue weighted by molar-refractivity contribution is 14.1. The molecule has 1 saturated carbocycles. The molecular weight excluding hydrogens is 852 g/mol. The van der Waals surface area contributed by atoms with Crippen molar-refractivity contribution in [3.63, 3.8) is 0 Å². The van der Waals surface area contributed by atoms with Gasteiger partial charge in [-0.25, -0.2) is 14.4 Å². The summed E-state index contributed by atoms with van der Waals surface area (Å²) in [6.07, 6.45) is 1.20. The van der Waals surface area contributed by atoms with Crippen LogP contribution in [0.1, 0.15) is 59.3 Å². The molecule has 2 heterocycles. The van der Waals surface area contributed by atoms with Gasteiger partial charge in [0.2, 0.25) is 0 Å². The maximum Gasteiger partial charge on any atom is 0.573 e. The summed E-state index contributed by atoms with van der Waals surface area (Å²) in [6.45, 7) is 10.1. The van der Waals surface area contributed by atoms with Crippen molar-refractivity contribution in [1.82, 2.24) is 19.6 Å².